The van der Waals surface area contributed by atoms with Gasteiger partial charge in [0.15, 0.2) is 5.82 Å². The van der Waals surface area contributed by atoms with Gasteiger partial charge in [-0.1, -0.05) is 12.1 Å². The summed E-state index contributed by atoms with van der Waals surface area (Å²) in [6, 6.07) is 7.07. The first-order valence-electron chi connectivity index (χ1n) is 6.08. The van der Waals surface area contributed by atoms with E-state index in [1.807, 2.05) is 0 Å². The molecule has 2 aromatic heterocycles. The Morgan fingerprint density at radius 2 is 1.67 bits per heavy atom. The Bertz CT molecular complexity index is 838. The standard InChI is InChI=1S/C14H11N3O4/c1-19-13-15-12(16-14(17-13)20-2)9-7-21-10-6-4-3-5-8(10)11(9)18/h3-7H,1-2H3. The number of methoxy groups -OCH3 is 2. The minimum absolute atomic E-state index is 0.0596. The summed E-state index contributed by atoms with van der Waals surface area (Å²) in [7, 11) is 2.84. The highest BCUT2D eigenvalue weighted by Crippen LogP contribution is 2.19. The zero-order chi connectivity index (χ0) is 14.8. The fourth-order valence-electron chi connectivity index (χ4n) is 1.87. The van der Waals surface area contributed by atoms with Gasteiger partial charge in [0.1, 0.15) is 17.4 Å². The van der Waals surface area contributed by atoms with Crippen molar-refractivity contribution in [2.75, 3.05) is 14.2 Å². The van der Waals surface area contributed by atoms with E-state index in [9.17, 15) is 4.79 Å². The molecule has 3 rings (SSSR count). The molecule has 0 bridgehead atoms. The molecule has 0 unspecified atom stereocenters. The smallest absolute Gasteiger partial charge is 0.322 e. The van der Waals surface area contributed by atoms with E-state index in [0.29, 0.717) is 11.0 Å². The van der Waals surface area contributed by atoms with E-state index in [1.54, 1.807) is 24.3 Å². The highest BCUT2D eigenvalue weighted by molar-refractivity contribution is 5.80. The molecule has 0 amide bonds. The number of rotatable bonds is 3. The van der Waals surface area contributed by atoms with Crippen molar-refractivity contribution in [3.63, 3.8) is 0 Å². The van der Waals surface area contributed by atoms with Gasteiger partial charge in [0, 0.05) is 0 Å². The van der Waals surface area contributed by atoms with Crippen LogP contribution in [-0.2, 0) is 0 Å². The van der Waals surface area contributed by atoms with Crippen molar-refractivity contribution >= 4 is 11.0 Å². The van der Waals surface area contributed by atoms with E-state index in [0.717, 1.165) is 0 Å². The van der Waals surface area contributed by atoms with Gasteiger partial charge in [-0.25, -0.2) is 0 Å². The number of ether oxygens (including phenoxy) is 2. The summed E-state index contributed by atoms with van der Waals surface area (Å²) in [6.45, 7) is 0. The summed E-state index contributed by atoms with van der Waals surface area (Å²) in [5.74, 6) is 0.137. The number of benzene rings is 1. The predicted octanol–water partition coefficient (Wildman–Crippen LogP) is 1.66. The van der Waals surface area contributed by atoms with Gasteiger partial charge in [-0.05, 0) is 12.1 Å². The molecular formula is C14H11N3O4. The van der Waals surface area contributed by atoms with E-state index in [1.165, 1.54) is 20.5 Å². The molecule has 0 N–H and O–H groups in total. The van der Waals surface area contributed by atoms with Crippen molar-refractivity contribution < 1.29 is 13.9 Å². The van der Waals surface area contributed by atoms with Crippen LogP contribution in [0.4, 0.5) is 0 Å². The van der Waals surface area contributed by atoms with Gasteiger partial charge in [0.25, 0.3) is 0 Å². The number of nitrogens with zero attached hydrogens (tertiary/aromatic N) is 3. The van der Waals surface area contributed by atoms with Crippen molar-refractivity contribution in [3.05, 3.63) is 40.8 Å². The van der Waals surface area contributed by atoms with Gasteiger partial charge in [0.05, 0.1) is 19.6 Å². The lowest BCUT2D eigenvalue weighted by atomic mass is 10.1. The van der Waals surface area contributed by atoms with Gasteiger partial charge in [-0.3, -0.25) is 4.79 Å². The number of fused-ring (bicyclic) bond motifs is 1. The molecule has 0 aliphatic heterocycles. The summed E-state index contributed by atoms with van der Waals surface area (Å²) in [5, 5.41) is 0.452. The van der Waals surface area contributed by atoms with Crippen molar-refractivity contribution in [3.8, 4) is 23.4 Å². The minimum Gasteiger partial charge on any atom is -0.467 e. The molecule has 106 valence electrons. The molecule has 7 heteroatoms. The average molecular weight is 285 g/mol. The summed E-state index contributed by atoms with van der Waals surface area (Å²) >= 11 is 0. The average Bonchev–Trinajstić information content (AvgIpc) is 2.55. The van der Waals surface area contributed by atoms with E-state index >= 15 is 0 Å². The first-order valence-corrected chi connectivity index (χ1v) is 6.08. The Balaban J connectivity index is 2.25. The molecular weight excluding hydrogens is 274 g/mol. The number of hydrogen-bond acceptors (Lipinski definition) is 7. The quantitative estimate of drug-likeness (QED) is 0.723. The molecule has 3 aromatic rings. The van der Waals surface area contributed by atoms with Gasteiger partial charge >= 0.3 is 12.0 Å². The second kappa shape index (κ2) is 5.20. The van der Waals surface area contributed by atoms with Crippen LogP contribution in [0, 0.1) is 0 Å². The maximum Gasteiger partial charge on any atom is 0.322 e. The van der Waals surface area contributed by atoms with Crippen LogP contribution in [0.2, 0.25) is 0 Å². The van der Waals surface area contributed by atoms with Crippen LogP contribution in [0.15, 0.2) is 39.7 Å². The van der Waals surface area contributed by atoms with Crippen LogP contribution in [0.3, 0.4) is 0 Å². The van der Waals surface area contributed by atoms with Crippen LogP contribution < -0.4 is 14.9 Å². The molecule has 7 nitrogen and oxygen atoms in total. The van der Waals surface area contributed by atoms with Gasteiger partial charge in [-0.15, -0.1) is 4.98 Å². The van der Waals surface area contributed by atoms with E-state index in [-0.39, 0.29) is 28.8 Å². The molecule has 0 aliphatic carbocycles. The summed E-state index contributed by atoms with van der Waals surface area (Å²) in [4.78, 5) is 24.5. The zero-order valence-electron chi connectivity index (χ0n) is 11.4. The molecule has 2 heterocycles. The fourth-order valence-corrected chi connectivity index (χ4v) is 1.87. The first-order chi connectivity index (χ1) is 10.2. The molecule has 0 saturated carbocycles. The van der Waals surface area contributed by atoms with Crippen LogP contribution in [0.1, 0.15) is 0 Å². The van der Waals surface area contributed by atoms with E-state index in [4.69, 9.17) is 13.9 Å². The highest BCUT2D eigenvalue weighted by atomic mass is 16.5. The second-order valence-corrected chi connectivity index (χ2v) is 4.11. The molecule has 21 heavy (non-hydrogen) atoms. The van der Waals surface area contributed by atoms with E-state index in [2.05, 4.69) is 15.0 Å². The fraction of sp³-hybridized carbons (Fsp3) is 0.143. The largest absolute Gasteiger partial charge is 0.467 e. The third-order valence-corrected chi connectivity index (χ3v) is 2.88. The third-order valence-electron chi connectivity index (χ3n) is 2.88. The lowest BCUT2D eigenvalue weighted by Gasteiger charge is -2.05. The predicted molar refractivity (Wildman–Crippen MR) is 74.4 cm³/mol. The van der Waals surface area contributed by atoms with Crippen molar-refractivity contribution in [2.45, 2.75) is 0 Å². The first kappa shape index (κ1) is 13.0. The maximum absolute atomic E-state index is 12.5. The molecule has 0 fully saturated rings. The normalized spacial score (nSPS) is 10.6. The van der Waals surface area contributed by atoms with Gasteiger partial charge < -0.3 is 13.9 Å². The molecule has 0 spiro atoms. The minimum atomic E-state index is -0.229. The highest BCUT2D eigenvalue weighted by Gasteiger charge is 2.15. The maximum atomic E-state index is 12.5. The SMILES string of the molecule is COc1nc(OC)nc(-c2coc3ccccc3c2=O)n1. The Kier molecular flexibility index (Phi) is 3.23. The third kappa shape index (κ3) is 2.29. The monoisotopic (exact) mass is 285 g/mol. The number of hydrogen-bond donors (Lipinski definition) is 0. The lowest BCUT2D eigenvalue weighted by molar-refractivity contribution is 0.341. The van der Waals surface area contributed by atoms with Crippen molar-refractivity contribution in [2.24, 2.45) is 0 Å². The van der Waals surface area contributed by atoms with Gasteiger partial charge in [-0.2, -0.15) is 9.97 Å². The summed E-state index contributed by atoms with van der Waals surface area (Å²) in [6.07, 6.45) is 1.32. The zero-order valence-corrected chi connectivity index (χ0v) is 11.4. The molecule has 0 saturated heterocycles. The van der Waals surface area contributed by atoms with Crippen molar-refractivity contribution in [1.29, 1.82) is 0 Å². The lowest BCUT2D eigenvalue weighted by Crippen LogP contribution is -2.09. The Labute approximate surface area is 119 Å². The van der Waals surface area contributed by atoms with Crippen LogP contribution in [-0.4, -0.2) is 29.2 Å². The topological polar surface area (TPSA) is 87.3 Å². The molecule has 0 radical (unpaired) electrons. The van der Waals surface area contributed by atoms with Crippen molar-refractivity contribution in [1.82, 2.24) is 15.0 Å². The van der Waals surface area contributed by atoms with E-state index < -0.39 is 0 Å². The number of para-hydroxylation sites is 1. The molecule has 0 atom stereocenters. The Hall–Kier alpha value is -2.96. The summed E-state index contributed by atoms with van der Waals surface area (Å²) < 4.78 is 15.4. The molecule has 0 aliphatic rings. The molecule has 1 aromatic carbocycles. The second-order valence-electron chi connectivity index (χ2n) is 4.11. The van der Waals surface area contributed by atoms with Crippen LogP contribution in [0.5, 0.6) is 12.0 Å². The Morgan fingerprint density at radius 3 is 2.33 bits per heavy atom. The van der Waals surface area contributed by atoms with Gasteiger partial charge in [0.2, 0.25) is 5.43 Å². The van der Waals surface area contributed by atoms with Crippen LogP contribution >= 0.6 is 0 Å². The summed E-state index contributed by atoms with van der Waals surface area (Å²) in [5.41, 5.74) is 0.485. The van der Waals surface area contributed by atoms with Crippen LogP contribution in [0.25, 0.3) is 22.4 Å². The number of aromatic nitrogens is 3. The Morgan fingerprint density at radius 1 is 1.00 bits per heavy atom.